The third-order valence-electron chi connectivity index (χ3n) is 2.66. The number of phenols is 1. The first-order valence-corrected chi connectivity index (χ1v) is 5.54. The molecule has 1 aromatic rings. The molecule has 0 radical (unpaired) electrons. The van der Waals surface area contributed by atoms with Crippen LogP contribution in [0.25, 0.3) is 0 Å². The molecule has 0 heterocycles. The minimum absolute atomic E-state index is 0.0448. The molecular formula is C14H14O3. The smallest absolute Gasteiger partial charge is 0.153 e. The highest BCUT2D eigenvalue weighted by Crippen LogP contribution is 2.23. The van der Waals surface area contributed by atoms with Gasteiger partial charge in [0.1, 0.15) is 11.5 Å². The summed E-state index contributed by atoms with van der Waals surface area (Å²) < 4.78 is 5.56. The number of aromatic hydroxyl groups is 1. The van der Waals surface area contributed by atoms with E-state index in [-0.39, 0.29) is 11.3 Å². The summed E-state index contributed by atoms with van der Waals surface area (Å²) in [6.45, 7) is 0.570. The molecule has 0 fully saturated rings. The van der Waals surface area contributed by atoms with E-state index in [9.17, 15) is 9.90 Å². The van der Waals surface area contributed by atoms with Gasteiger partial charge in [-0.2, -0.15) is 0 Å². The van der Waals surface area contributed by atoms with Crippen molar-refractivity contribution in [1.29, 1.82) is 0 Å². The normalized spacial score (nSPS) is 18.0. The number of benzene rings is 1. The number of carbonyl (C=O) groups excluding carboxylic acids is 1. The summed E-state index contributed by atoms with van der Waals surface area (Å²) in [4.78, 5) is 10.5. The molecule has 17 heavy (non-hydrogen) atoms. The van der Waals surface area contributed by atoms with Crippen LogP contribution < -0.4 is 4.74 Å². The van der Waals surface area contributed by atoms with E-state index < -0.39 is 0 Å². The fourth-order valence-electron chi connectivity index (χ4n) is 1.67. The summed E-state index contributed by atoms with van der Waals surface area (Å²) in [6, 6.07) is 4.70. The highest BCUT2D eigenvalue weighted by Gasteiger charge is 2.07. The Morgan fingerprint density at radius 3 is 2.94 bits per heavy atom. The maximum atomic E-state index is 10.5. The van der Waals surface area contributed by atoms with Crippen LogP contribution in [0, 0.1) is 5.92 Å². The first-order chi connectivity index (χ1) is 8.29. The SMILES string of the molecule is O=Cc1ccc(OCC2C=CC=CC2)cc1O. The van der Waals surface area contributed by atoms with Crippen LogP contribution in [0.1, 0.15) is 16.8 Å². The maximum absolute atomic E-state index is 10.5. The molecule has 1 aliphatic rings. The molecule has 1 aromatic carbocycles. The van der Waals surface area contributed by atoms with Crippen molar-refractivity contribution in [1.82, 2.24) is 0 Å². The van der Waals surface area contributed by atoms with E-state index in [2.05, 4.69) is 12.2 Å². The van der Waals surface area contributed by atoms with Gasteiger partial charge in [-0.1, -0.05) is 24.3 Å². The molecule has 88 valence electrons. The summed E-state index contributed by atoms with van der Waals surface area (Å²) in [6.07, 6.45) is 9.80. The predicted molar refractivity (Wildman–Crippen MR) is 65.4 cm³/mol. The number of hydrogen-bond acceptors (Lipinski definition) is 3. The third-order valence-corrected chi connectivity index (χ3v) is 2.66. The molecule has 3 nitrogen and oxygen atoms in total. The van der Waals surface area contributed by atoms with Crippen molar-refractivity contribution in [3.8, 4) is 11.5 Å². The average molecular weight is 230 g/mol. The molecule has 1 aliphatic carbocycles. The predicted octanol–water partition coefficient (Wildman–Crippen LogP) is 2.72. The number of allylic oxidation sites excluding steroid dienone is 3. The van der Waals surface area contributed by atoms with E-state index >= 15 is 0 Å². The second kappa shape index (κ2) is 5.34. The van der Waals surface area contributed by atoms with Gasteiger partial charge in [0.05, 0.1) is 12.2 Å². The van der Waals surface area contributed by atoms with E-state index in [4.69, 9.17) is 4.74 Å². The molecule has 1 N–H and O–H groups in total. The largest absolute Gasteiger partial charge is 0.507 e. The number of phenolic OH excluding ortho intramolecular Hbond substituents is 1. The standard InChI is InChI=1S/C14H14O3/c15-9-12-6-7-13(8-14(12)16)17-10-11-4-2-1-3-5-11/h1-4,6-9,11,16H,5,10H2. The molecule has 0 amide bonds. The molecule has 0 saturated carbocycles. The highest BCUT2D eigenvalue weighted by atomic mass is 16.5. The lowest BCUT2D eigenvalue weighted by molar-refractivity contribution is 0.112. The molecule has 3 heteroatoms. The van der Waals surface area contributed by atoms with Crippen molar-refractivity contribution in [2.45, 2.75) is 6.42 Å². The molecule has 0 spiro atoms. The van der Waals surface area contributed by atoms with Crippen LogP contribution in [0.2, 0.25) is 0 Å². The van der Waals surface area contributed by atoms with E-state index in [1.807, 2.05) is 12.2 Å². The van der Waals surface area contributed by atoms with Crippen LogP contribution in [0.5, 0.6) is 11.5 Å². The molecule has 0 saturated heterocycles. The van der Waals surface area contributed by atoms with Crippen LogP contribution in [-0.4, -0.2) is 18.0 Å². The summed E-state index contributed by atoms with van der Waals surface area (Å²) in [5.74, 6) is 0.903. The number of ether oxygens (including phenoxy) is 1. The van der Waals surface area contributed by atoms with E-state index in [1.165, 1.54) is 6.07 Å². The monoisotopic (exact) mass is 230 g/mol. The zero-order valence-corrected chi connectivity index (χ0v) is 9.37. The Morgan fingerprint density at radius 1 is 1.41 bits per heavy atom. The van der Waals surface area contributed by atoms with Crippen LogP contribution in [-0.2, 0) is 0 Å². The van der Waals surface area contributed by atoms with Gasteiger partial charge in [-0.15, -0.1) is 0 Å². The topological polar surface area (TPSA) is 46.5 Å². The molecule has 1 unspecified atom stereocenters. The Bertz CT molecular complexity index is 461. The van der Waals surface area contributed by atoms with Crippen molar-refractivity contribution in [2.75, 3.05) is 6.61 Å². The summed E-state index contributed by atoms with van der Waals surface area (Å²) in [7, 11) is 0. The van der Waals surface area contributed by atoms with E-state index in [0.717, 1.165) is 6.42 Å². The Labute approximate surface area is 100 Å². The second-order valence-corrected chi connectivity index (χ2v) is 3.96. The zero-order chi connectivity index (χ0) is 12.1. The minimum Gasteiger partial charge on any atom is -0.507 e. The molecule has 0 bridgehead atoms. The van der Waals surface area contributed by atoms with E-state index in [0.29, 0.717) is 24.6 Å². The third kappa shape index (κ3) is 2.97. The lowest BCUT2D eigenvalue weighted by atomic mass is 10.0. The van der Waals surface area contributed by atoms with Crippen molar-refractivity contribution < 1.29 is 14.6 Å². The first kappa shape index (κ1) is 11.5. The van der Waals surface area contributed by atoms with Gasteiger partial charge < -0.3 is 9.84 Å². The molecular weight excluding hydrogens is 216 g/mol. The van der Waals surface area contributed by atoms with Gasteiger partial charge in [0.25, 0.3) is 0 Å². The van der Waals surface area contributed by atoms with Gasteiger partial charge in [-0.3, -0.25) is 4.79 Å². The first-order valence-electron chi connectivity index (χ1n) is 5.54. The quantitative estimate of drug-likeness (QED) is 0.809. The fourth-order valence-corrected chi connectivity index (χ4v) is 1.67. The Kier molecular flexibility index (Phi) is 3.60. The van der Waals surface area contributed by atoms with Crippen molar-refractivity contribution in [2.24, 2.45) is 5.92 Å². The van der Waals surface area contributed by atoms with Crippen LogP contribution in [0.15, 0.2) is 42.5 Å². The van der Waals surface area contributed by atoms with Crippen LogP contribution in [0.3, 0.4) is 0 Å². The average Bonchev–Trinajstić information content (AvgIpc) is 2.38. The van der Waals surface area contributed by atoms with Crippen molar-refractivity contribution in [3.63, 3.8) is 0 Å². The van der Waals surface area contributed by atoms with Gasteiger partial charge in [-0.25, -0.2) is 0 Å². The maximum Gasteiger partial charge on any atom is 0.153 e. The number of rotatable bonds is 4. The van der Waals surface area contributed by atoms with Gasteiger partial charge in [0.15, 0.2) is 6.29 Å². The lowest BCUT2D eigenvalue weighted by Gasteiger charge is -2.14. The number of carbonyl (C=O) groups is 1. The van der Waals surface area contributed by atoms with Gasteiger partial charge in [0, 0.05) is 12.0 Å². The summed E-state index contributed by atoms with van der Waals surface area (Å²) in [5.41, 5.74) is 0.276. The Morgan fingerprint density at radius 2 is 2.29 bits per heavy atom. The summed E-state index contributed by atoms with van der Waals surface area (Å²) in [5, 5.41) is 9.49. The molecule has 1 atom stereocenters. The fraction of sp³-hybridized carbons (Fsp3) is 0.214. The van der Waals surface area contributed by atoms with Crippen LogP contribution in [0.4, 0.5) is 0 Å². The van der Waals surface area contributed by atoms with Gasteiger partial charge in [0.2, 0.25) is 0 Å². The Hall–Kier alpha value is -2.03. The molecule has 2 rings (SSSR count). The lowest BCUT2D eigenvalue weighted by Crippen LogP contribution is -2.10. The van der Waals surface area contributed by atoms with Crippen LogP contribution >= 0.6 is 0 Å². The number of aldehydes is 1. The minimum atomic E-state index is -0.0448. The molecule has 0 aliphatic heterocycles. The highest BCUT2D eigenvalue weighted by molar-refractivity contribution is 5.79. The van der Waals surface area contributed by atoms with Gasteiger partial charge >= 0.3 is 0 Å². The van der Waals surface area contributed by atoms with Gasteiger partial charge in [-0.05, 0) is 18.6 Å². The second-order valence-electron chi connectivity index (χ2n) is 3.96. The number of hydrogen-bond donors (Lipinski definition) is 1. The van der Waals surface area contributed by atoms with Crippen molar-refractivity contribution >= 4 is 6.29 Å². The Balaban J connectivity index is 1.95. The van der Waals surface area contributed by atoms with E-state index in [1.54, 1.807) is 12.1 Å². The zero-order valence-electron chi connectivity index (χ0n) is 9.37. The summed E-state index contributed by atoms with van der Waals surface area (Å²) >= 11 is 0. The van der Waals surface area contributed by atoms with Crippen molar-refractivity contribution in [3.05, 3.63) is 48.1 Å². The molecule has 0 aromatic heterocycles.